The number of carbonyl (C=O) groups is 3. The number of halogens is 2. The van der Waals surface area contributed by atoms with Gasteiger partial charge in [0.25, 0.3) is 11.8 Å². The molecule has 1 aromatic rings. The number of benzene rings is 1. The number of nitrogens with one attached hydrogen (secondary N) is 2. The van der Waals surface area contributed by atoms with E-state index in [0.29, 0.717) is 23.7 Å². The van der Waals surface area contributed by atoms with Crippen molar-refractivity contribution in [1.29, 1.82) is 0 Å². The van der Waals surface area contributed by atoms with Crippen LogP contribution in [0, 0.1) is 11.3 Å². The summed E-state index contributed by atoms with van der Waals surface area (Å²) in [5, 5.41) is 5.38. The first-order chi connectivity index (χ1) is 12.1. The van der Waals surface area contributed by atoms with Gasteiger partial charge < -0.3 is 15.4 Å². The van der Waals surface area contributed by atoms with Gasteiger partial charge in [-0.05, 0) is 25.0 Å². The number of carbonyl (C=O) groups excluding carboxylic acids is 3. The van der Waals surface area contributed by atoms with E-state index in [2.05, 4.69) is 10.6 Å². The molecule has 1 saturated carbocycles. The zero-order valence-electron chi connectivity index (χ0n) is 14.9. The van der Waals surface area contributed by atoms with Crippen molar-refractivity contribution in [2.24, 2.45) is 11.3 Å². The molecule has 2 rings (SSSR count). The number of hydrogen-bond acceptors (Lipinski definition) is 4. The number of alkyl halides is 2. The van der Waals surface area contributed by atoms with E-state index in [1.165, 1.54) is 0 Å². The van der Waals surface area contributed by atoms with Gasteiger partial charge in [0, 0.05) is 13.0 Å². The minimum absolute atomic E-state index is 0.280. The number of anilines is 1. The van der Waals surface area contributed by atoms with Crippen LogP contribution in [0.15, 0.2) is 24.3 Å². The molecule has 6 nitrogen and oxygen atoms in total. The summed E-state index contributed by atoms with van der Waals surface area (Å²) in [5.41, 5.74) is -0.315. The molecular weight excluding hydrogens is 379 g/mol. The number of ether oxygens (including phenoxy) is 1. The topological polar surface area (TPSA) is 84.5 Å². The summed E-state index contributed by atoms with van der Waals surface area (Å²) < 4.78 is 3.85. The van der Waals surface area contributed by atoms with E-state index in [9.17, 15) is 14.4 Å². The molecule has 26 heavy (non-hydrogen) atoms. The maximum Gasteiger partial charge on any atom is 0.315 e. The third kappa shape index (κ3) is 4.68. The largest absolute Gasteiger partial charge is 0.455 e. The van der Waals surface area contributed by atoms with E-state index >= 15 is 0 Å². The SMILES string of the molecule is CC(C)CNC(=O)c1ccccc1NC(=O)COC(=O)[C@@]1(C)CC1(Cl)Cl. The fourth-order valence-electron chi connectivity index (χ4n) is 2.28. The molecule has 1 aliphatic rings. The quantitative estimate of drug-likeness (QED) is 0.543. The van der Waals surface area contributed by atoms with Crippen LogP contribution in [0.1, 0.15) is 37.6 Å². The molecule has 0 saturated heterocycles. The molecule has 0 aliphatic heterocycles. The van der Waals surface area contributed by atoms with Crippen molar-refractivity contribution >= 4 is 46.7 Å². The summed E-state index contributed by atoms with van der Waals surface area (Å²) in [6.07, 6.45) is 0.280. The Labute approximate surface area is 162 Å². The first-order valence-electron chi connectivity index (χ1n) is 8.29. The molecule has 2 amide bonds. The molecule has 0 spiro atoms. The molecule has 1 fully saturated rings. The van der Waals surface area contributed by atoms with Crippen LogP contribution in [-0.2, 0) is 14.3 Å². The van der Waals surface area contributed by atoms with E-state index < -0.39 is 28.2 Å². The predicted molar refractivity (Wildman–Crippen MR) is 100 cm³/mol. The second-order valence-corrected chi connectivity index (χ2v) is 8.47. The standard InChI is InChI=1S/C18H22Cl2N2O4/c1-11(2)8-21-15(24)12-6-4-5-7-13(12)22-14(23)9-26-16(25)17(3)10-18(17,19)20/h4-7,11H,8-10H2,1-3H3,(H,21,24)(H,22,23)/t17-/m1/s1. The van der Waals surface area contributed by atoms with Crippen molar-refractivity contribution in [2.45, 2.75) is 31.5 Å². The maximum absolute atomic E-state index is 12.3. The van der Waals surface area contributed by atoms with Gasteiger partial charge >= 0.3 is 5.97 Å². The molecule has 1 aliphatic carbocycles. The number of esters is 1. The van der Waals surface area contributed by atoms with Gasteiger partial charge in [0.05, 0.1) is 11.3 Å². The maximum atomic E-state index is 12.3. The molecule has 142 valence electrons. The van der Waals surface area contributed by atoms with Crippen LogP contribution in [0.25, 0.3) is 0 Å². The Morgan fingerprint density at radius 2 is 1.85 bits per heavy atom. The zero-order valence-corrected chi connectivity index (χ0v) is 16.4. The lowest BCUT2D eigenvalue weighted by molar-refractivity contribution is -0.152. The van der Waals surface area contributed by atoms with Crippen LogP contribution < -0.4 is 10.6 Å². The van der Waals surface area contributed by atoms with Gasteiger partial charge in [-0.15, -0.1) is 23.2 Å². The van der Waals surface area contributed by atoms with E-state index in [1.807, 2.05) is 13.8 Å². The highest BCUT2D eigenvalue weighted by molar-refractivity contribution is 6.53. The van der Waals surface area contributed by atoms with Gasteiger partial charge in [0.15, 0.2) is 6.61 Å². The van der Waals surface area contributed by atoms with Gasteiger partial charge in [-0.25, -0.2) is 0 Å². The Morgan fingerprint density at radius 3 is 2.42 bits per heavy atom. The van der Waals surface area contributed by atoms with Crippen LogP contribution in [0.4, 0.5) is 5.69 Å². The van der Waals surface area contributed by atoms with Gasteiger partial charge in [-0.3, -0.25) is 14.4 Å². The highest BCUT2D eigenvalue weighted by atomic mass is 35.5. The van der Waals surface area contributed by atoms with Crippen molar-refractivity contribution in [3.63, 3.8) is 0 Å². The molecule has 0 aromatic heterocycles. The summed E-state index contributed by atoms with van der Waals surface area (Å²) in [4.78, 5) is 36.3. The summed E-state index contributed by atoms with van der Waals surface area (Å²) in [6.45, 7) is 5.59. The lowest BCUT2D eigenvalue weighted by Crippen LogP contribution is -2.30. The molecule has 1 atom stereocenters. The third-order valence-corrected chi connectivity index (χ3v) is 5.26. The van der Waals surface area contributed by atoms with Crippen molar-refractivity contribution in [1.82, 2.24) is 5.32 Å². The average molecular weight is 401 g/mol. The Bertz CT molecular complexity index is 721. The first-order valence-corrected chi connectivity index (χ1v) is 9.04. The monoisotopic (exact) mass is 400 g/mol. The summed E-state index contributed by atoms with van der Waals surface area (Å²) in [6, 6.07) is 6.61. The van der Waals surface area contributed by atoms with Gasteiger partial charge in [-0.2, -0.15) is 0 Å². The van der Waals surface area contributed by atoms with E-state index in [4.69, 9.17) is 27.9 Å². The van der Waals surface area contributed by atoms with Crippen LogP contribution >= 0.6 is 23.2 Å². The smallest absolute Gasteiger partial charge is 0.315 e. The fraction of sp³-hybridized carbons (Fsp3) is 0.500. The summed E-state index contributed by atoms with van der Waals surface area (Å²) >= 11 is 11.8. The fourth-order valence-corrected chi connectivity index (χ4v) is 2.97. The second kappa shape index (κ2) is 7.84. The summed E-state index contributed by atoms with van der Waals surface area (Å²) in [5.74, 6) is -1.16. The molecule has 0 bridgehead atoms. The Hall–Kier alpha value is -1.79. The number of hydrogen-bond donors (Lipinski definition) is 2. The van der Waals surface area contributed by atoms with Gasteiger partial charge in [0.2, 0.25) is 0 Å². The Kier molecular flexibility index (Phi) is 6.19. The van der Waals surface area contributed by atoms with Crippen molar-refractivity contribution in [3.05, 3.63) is 29.8 Å². The normalized spacial score (nSPS) is 20.4. The van der Waals surface area contributed by atoms with E-state index in [-0.39, 0.29) is 12.3 Å². The number of amides is 2. The minimum Gasteiger partial charge on any atom is -0.455 e. The lowest BCUT2D eigenvalue weighted by Gasteiger charge is -2.14. The van der Waals surface area contributed by atoms with Crippen LogP contribution in [-0.4, -0.2) is 35.3 Å². The molecule has 0 radical (unpaired) electrons. The van der Waals surface area contributed by atoms with Crippen molar-refractivity contribution in [3.8, 4) is 0 Å². The van der Waals surface area contributed by atoms with Gasteiger partial charge in [0.1, 0.15) is 9.75 Å². The molecule has 0 unspecified atom stereocenters. The summed E-state index contributed by atoms with van der Waals surface area (Å²) in [7, 11) is 0. The van der Waals surface area contributed by atoms with E-state index in [1.54, 1.807) is 31.2 Å². The van der Waals surface area contributed by atoms with Crippen LogP contribution in [0.5, 0.6) is 0 Å². The first kappa shape index (κ1) is 20.5. The highest BCUT2D eigenvalue weighted by Gasteiger charge is 2.69. The number of rotatable bonds is 7. The lowest BCUT2D eigenvalue weighted by atomic mass is 10.1. The second-order valence-electron chi connectivity index (χ2n) is 6.99. The molecule has 8 heteroatoms. The molecule has 1 aromatic carbocycles. The Morgan fingerprint density at radius 1 is 1.23 bits per heavy atom. The number of para-hydroxylation sites is 1. The highest BCUT2D eigenvalue weighted by Crippen LogP contribution is 2.64. The van der Waals surface area contributed by atoms with Crippen LogP contribution in [0.2, 0.25) is 0 Å². The molecule has 0 heterocycles. The zero-order chi connectivity index (χ0) is 19.5. The molecule has 2 N–H and O–H groups in total. The third-order valence-electron chi connectivity index (χ3n) is 4.16. The van der Waals surface area contributed by atoms with Crippen molar-refractivity contribution in [2.75, 3.05) is 18.5 Å². The van der Waals surface area contributed by atoms with Gasteiger partial charge in [-0.1, -0.05) is 26.0 Å². The van der Waals surface area contributed by atoms with E-state index in [0.717, 1.165) is 0 Å². The predicted octanol–water partition coefficient (Wildman–Crippen LogP) is 3.14. The molecular formula is C18H22Cl2N2O4. The van der Waals surface area contributed by atoms with Crippen molar-refractivity contribution < 1.29 is 19.1 Å². The van der Waals surface area contributed by atoms with Crippen LogP contribution in [0.3, 0.4) is 0 Å². The Balaban J connectivity index is 1.93. The average Bonchev–Trinajstić information content (AvgIpc) is 3.10. The minimum atomic E-state index is -1.15.